The van der Waals surface area contributed by atoms with E-state index in [9.17, 15) is 14.4 Å². The number of H-pyrrole nitrogens is 1. The zero-order chi connectivity index (χ0) is 19.3. The summed E-state index contributed by atoms with van der Waals surface area (Å²) in [5.74, 6) is -1.07. The van der Waals surface area contributed by atoms with Gasteiger partial charge in [0.1, 0.15) is 5.60 Å². The summed E-state index contributed by atoms with van der Waals surface area (Å²) in [5.41, 5.74) is -0.698. The van der Waals surface area contributed by atoms with Gasteiger partial charge in [0.15, 0.2) is 5.69 Å². The van der Waals surface area contributed by atoms with Crippen LogP contribution in [0.3, 0.4) is 0 Å². The summed E-state index contributed by atoms with van der Waals surface area (Å²) in [6.45, 7) is 7.00. The van der Waals surface area contributed by atoms with Crippen LogP contribution in [0, 0.1) is 0 Å². The number of rotatable bonds is 4. The standard InChI is InChI=1S/C17H20N4O5/c1-5-25-15(23)13-19-14(22)12(20-21-13)10-8-6-7-9-11(10)18-16(24)26-17(2,3)4/h6-9H,5H2,1-4H3,(H,18,24)(H,19,21,22). The molecule has 9 nitrogen and oxygen atoms in total. The minimum Gasteiger partial charge on any atom is -0.460 e. The molecule has 0 aliphatic heterocycles. The van der Waals surface area contributed by atoms with Gasteiger partial charge >= 0.3 is 12.1 Å². The van der Waals surface area contributed by atoms with Gasteiger partial charge in [0.25, 0.3) is 5.56 Å². The lowest BCUT2D eigenvalue weighted by Gasteiger charge is -2.20. The van der Waals surface area contributed by atoms with Crippen molar-refractivity contribution in [2.75, 3.05) is 11.9 Å². The van der Waals surface area contributed by atoms with Gasteiger partial charge in [0.2, 0.25) is 5.82 Å². The Hall–Kier alpha value is -3.23. The second kappa shape index (κ2) is 7.77. The fourth-order valence-corrected chi connectivity index (χ4v) is 2.02. The van der Waals surface area contributed by atoms with E-state index in [1.807, 2.05) is 0 Å². The van der Waals surface area contributed by atoms with Crippen molar-refractivity contribution in [3.63, 3.8) is 0 Å². The molecule has 1 heterocycles. The van der Waals surface area contributed by atoms with E-state index in [-0.39, 0.29) is 18.1 Å². The lowest BCUT2D eigenvalue weighted by Crippen LogP contribution is -2.27. The average Bonchev–Trinajstić information content (AvgIpc) is 2.54. The van der Waals surface area contributed by atoms with Gasteiger partial charge in [0.05, 0.1) is 12.3 Å². The van der Waals surface area contributed by atoms with Crippen LogP contribution < -0.4 is 10.9 Å². The molecule has 1 aromatic carbocycles. The third kappa shape index (κ3) is 4.88. The van der Waals surface area contributed by atoms with Crippen LogP contribution in [0.1, 0.15) is 38.3 Å². The Bertz CT molecular complexity index is 870. The van der Waals surface area contributed by atoms with Crippen molar-refractivity contribution < 1.29 is 19.1 Å². The monoisotopic (exact) mass is 360 g/mol. The SMILES string of the molecule is CCOC(=O)c1nnc(-c2ccccc2NC(=O)OC(C)(C)C)c(=O)[nH]1. The summed E-state index contributed by atoms with van der Waals surface area (Å²) in [6.07, 6.45) is -0.669. The highest BCUT2D eigenvalue weighted by molar-refractivity contribution is 5.91. The van der Waals surface area contributed by atoms with Crippen molar-refractivity contribution in [3.05, 3.63) is 40.4 Å². The van der Waals surface area contributed by atoms with E-state index in [1.54, 1.807) is 52.0 Å². The van der Waals surface area contributed by atoms with E-state index in [4.69, 9.17) is 9.47 Å². The second-order valence-corrected chi connectivity index (χ2v) is 6.24. The summed E-state index contributed by atoms with van der Waals surface area (Å²) in [4.78, 5) is 38.3. The summed E-state index contributed by atoms with van der Waals surface area (Å²) in [7, 11) is 0. The molecule has 9 heteroatoms. The van der Waals surface area contributed by atoms with E-state index in [0.717, 1.165) is 0 Å². The quantitative estimate of drug-likeness (QED) is 0.802. The molecule has 2 aromatic rings. The smallest absolute Gasteiger partial charge is 0.412 e. The largest absolute Gasteiger partial charge is 0.460 e. The number of esters is 1. The topological polar surface area (TPSA) is 123 Å². The Morgan fingerprint density at radius 3 is 2.50 bits per heavy atom. The number of nitrogens with one attached hydrogen (secondary N) is 2. The number of anilines is 1. The Morgan fingerprint density at radius 2 is 1.88 bits per heavy atom. The van der Waals surface area contributed by atoms with Gasteiger partial charge in [-0.05, 0) is 33.8 Å². The lowest BCUT2D eigenvalue weighted by atomic mass is 10.1. The first kappa shape index (κ1) is 19.1. The molecule has 0 saturated carbocycles. The van der Waals surface area contributed by atoms with Gasteiger partial charge in [-0.2, -0.15) is 0 Å². The van der Waals surface area contributed by atoms with Crippen molar-refractivity contribution in [2.24, 2.45) is 0 Å². The molecule has 0 saturated heterocycles. The van der Waals surface area contributed by atoms with Crippen LogP contribution in [0.25, 0.3) is 11.3 Å². The molecule has 26 heavy (non-hydrogen) atoms. The summed E-state index contributed by atoms with van der Waals surface area (Å²) in [5, 5.41) is 10.1. The van der Waals surface area contributed by atoms with Gasteiger partial charge in [-0.25, -0.2) is 9.59 Å². The number of para-hydroxylation sites is 1. The maximum atomic E-state index is 12.3. The minimum absolute atomic E-state index is 0.0512. The molecule has 1 aromatic heterocycles. The van der Waals surface area contributed by atoms with Crippen LogP contribution in [-0.4, -0.2) is 39.5 Å². The van der Waals surface area contributed by atoms with Crippen molar-refractivity contribution in [3.8, 4) is 11.3 Å². The van der Waals surface area contributed by atoms with E-state index in [0.29, 0.717) is 11.3 Å². The maximum absolute atomic E-state index is 12.3. The molecule has 0 bridgehead atoms. The molecule has 0 unspecified atom stereocenters. The van der Waals surface area contributed by atoms with Gasteiger partial charge in [-0.3, -0.25) is 15.1 Å². The number of aromatic amines is 1. The highest BCUT2D eigenvalue weighted by Crippen LogP contribution is 2.24. The Balaban J connectivity index is 2.34. The van der Waals surface area contributed by atoms with Gasteiger partial charge < -0.3 is 9.47 Å². The zero-order valence-corrected chi connectivity index (χ0v) is 15.0. The molecule has 0 aliphatic rings. The predicted octanol–water partition coefficient (Wildman–Crippen LogP) is 2.36. The number of benzene rings is 1. The molecule has 0 aliphatic carbocycles. The lowest BCUT2D eigenvalue weighted by molar-refractivity contribution is 0.0509. The van der Waals surface area contributed by atoms with Crippen LogP contribution in [0.2, 0.25) is 0 Å². The predicted molar refractivity (Wildman–Crippen MR) is 93.9 cm³/mol. The maximum Gasteiger partial charge on any atom is 0.412 e. The van der Waals surface area contributed by atoms with Crippen molar-refractivity contribution in [2.45, 2.75) is 33.3 Å². The Labute approximate surface area is 149 Å². The number of carbonyl (C=O) groups excluding carboxylic acids is 2. The second-order valence-electron chi connectivity index (χ2n) is 6.24. The fourth-order valence-electron chi connectivity index (χ4n) is 2.02. The first-order valence-electron chi connectivity index (χ1n) is 7.95. The molecule has 0 radical (unpaired) electrons. The van der Waals surface area contributed by atoms with Crippen molar-refractivity contribution in [1.29, 1.82) is 0 Å². The number of hydrogen-bond donors (Lipinski definition) is 2. The van der Waals surface area contributed by atoms with E-state index >= 15 is 0 Å². The molecule has 0 atom stereocenters. The van der Waals surface area contributed by atoms with Crippen molar-refractivity contribution >= 4 is 17.7 Å². The first-order chi connectivity index (χ1) is 12.2. The summed E-state index contributed by atoms with van der Waals surface area (Å²) < 4.78 is 9.97. The van der Waals surface area contributed by atoms with Gasteiger partial charge in [-0.15, -0.1) is 10.2 Å². The summed E-state index contributed by atoms with van der Waals surface area (Å²) >= 11 is 0. The molecule has 2 N–H and O–H groups in total. The van der Waals surface area contributed by atoms with E-state index in [2.05, 4.69) is 20.5 Å². The summed E-state index contributed by atoms with van der Waals surface area (Å²) in [6, 6.07) is 6.55. The molecule has 0 spiro atoms. The molecule has 0 fully saturated rings. The van der Waals surface area contributed by atoms with Crippen LogP contribution in [0.5, 0.6) is 0 Å². The number of aromatic nitrogens is 3. The zero-order valence-electron chi connectivity index (χ0n) is 15.0. The number of hydrogen-bond acceptors (Lipinski definition) is 7. The fraction of sp³-hybridized carbons (Fsp3) is 0.353. The third-order valence-corrected chi connectivity index (χ3v) is 2.98. The number of carbonyl (C=O) groups is 2. The molecule has 1 amide bonds. The van der Waals surface area contributed by atoms with E-state index in [1.165, 1.54) is 0 Å². The molecular weight excluding hydrogens is 340 g/mol. The first-order valence-corrected chi connectivity index (χ1v) is 7.95. The van der Waals surface area contributed by atoms with Crippen LogP contribution in [0.15, 0.2) is 29.1 Å². The number of ether oxygens (including phenoxy) is 2. The van der Waals surface area contributed by atoms with Gasteiger partial charge in [0, 0.05) is 5.56 Å². The number of amides is 1. The van der Waals surface area contributed by atoms with Crippen molar-refractivity contribution in [1.82, 2.24) is 15.2 Å². The Morgan fingerprint density at radius 1 is 1.19 bits per heavy atom. The molecule has 138 valence electrons. The Kier molecular flexibility index (Phi) is 5.71. The molecule has 2 rings (SSSR count). The van der Waals surface area contributed by atoms with Crippen LogP contribution >= 0.6 is 0 Å². The van der Waals surface area contributed by atoms with Gasteiger partial charge in [-0.1, -0.05) is 18.2 Å². The van der Waals surface area contributed by atoms with Crippen LogP contribution in [0.4, 0.5) is 10.5 Å². The normalized spacial score (nSPS) is 10.9. The highest BCUT2D eigenvalue weighted by atomic mass is 16.6. The van der Waals surface area contributed by atoms with E-state index < -0.39 is 23.2 Å². The minimum atomic E-state index is -0.774. The van der Waals surface area contributed by atoms with Crippen LogP contribution in [-0.2, 0) is 9.47 Å². The third-order valence-electron chi connectivity index (χ3n) is 2.98. The molecular formula is C17H20N4O5. The highest BCUT2D eigenvalue weighted by Gasteiger charge is 2.19. The average molecular weight is 360 g/mol. The number of nitrogens with zero attached hydrogens (tertiary/aromatic N) is 2.